The number of rotatable bonds is 7. The van der Waals surface area contributed by atoms with Crippen LogP contribution < -0.4 is 5.32 Å². The van der Waals surface area contributed by atoms with Crippen LogP contribution in [0, 0.1) is 10.1 Å². The second-order valence-electron chi connectivity index (χ2n) is 5.98. The Hall–Kier alpha value is -3.16. The molecule has 146 valence electrons. The first-order valence-electron chi connectivity index (χ1n) is 8.50. The van der Waals surface area contributed by atoms with E-state index in [2.05, 4.69) is 5.32 Å². The van der Waals surface area contributed by atoms with E-state index in [4.69, 9.17) is 11.6 Å². The van der Waals surface area contributed by atoms with Crippen LogP contribution in [-0.2, 0) is 0 Å². The zero-order valence-electron chi connectivity index (χ0n) is 15.0. The number of non-ortho nitro benzene ring substituents is 1. The number of thioether (sulfide) groups is 1. The number of carbonyl (C=O) groups is 2. The molecule has 3 aromatic carbocycles. The van der Waals surface area contributed by atoms with Gasteiger partial charge in [-0.2, -0.15) is 0 Å². The third-order valence-electron chi connectivity index (χ3n) is 3.97. The van der Waals surface area contributed by atoms with Gasteiger partial charge in [-0.3, -0.25) is 19.7 Å². The van der Waals surface area contributed by atoms with Crippen molar-refractivity contribution in [2.45, 2.75) is 4.90 Å². The van der Waals surface area contributed by atoms with Gasteiger partial charge in [0.15, 0.2) is 5.78 Å². The first kappa shape index (κ1) is 20.6. The molecule has 6 nitrogen and oxygen atoms in total. The molecular formula is C21H15ClN2O4S. The third kappa shape index (κ3) is 5.43. The summed E-state index contributed by atoms with van der Waals surface area (Å²) in [5.74, 6) is -0.149. The summed E-state index contributed by atoms with van der Waals surface area (Å²) >= 11 is 7.36. The lowest BCUT2D eigenvalue weighted by molar-refractivity contribution is -0.384. The summed E-state index contributed by atoms with van der Waals surface area (Å²) in [4.78, 5) is 35.7. The zero-order chi connectivity index (χ0) is 20.8. The number of ketones is 1. The minimum Gasteiger partial charge on any atom is -0.321 e. The van der Waals surface area contributed by atoms with Gasteiger partial charge in [-0.05, 0) is 24.3 Å². The van der Waals surface area contributed by atoms with Gasteiger partial charge < -0.3 is 5.32 Å². The Bertz CT molecular complexity index is 1070. The van der Waals surface area contributed by atoms with Crippen LogP contribution in [-0.4, -0.2) is 22.4 Å². The lowest BCUT2D eigenvalue weighted by atomic mass is 10.2. The number of halogens is 1. The number of nitrogens with one attached hydrogen (secondary N) is 1. The van der Waals surface area contributed by atoms with Crippen molar-refractivity contribution in [3.63, 3.8) is 0 Å². The molecule has 0 heterocycles. The summed E-state index contributed by atoms with van der Waals surface area (Å²) < 4.78 is 0. The van der Waals surface area contributed by atoms with Crippen molar-refractivity contribution >= 4 is 46.4 Å². The summed E-state index contributed by atoms with van der Waals surface area (Å²) in [5.41, 5.74) is 1.15. The van der Waals surface area contributed by atoms with Gasteiger partial charge in [0.25, 0.3) is 11.6 Å². The Morgan fingerprint density at radius 3 is 2.38 bits per heavy atom. The Kier molecular flexibility index (Phi) is 6.64. The van der Waals surface area contributed by atoms with Crippen molar-refractivity contribution in [3.05, 3.63) is 99.1 Å². The highest BCUT2D eigenvalue weighted by molar-refractivity contribution is 8.00. The molecule has 0 saturated heterocycles. The van der Waals surface area contributed by atoms with E-state index in [1.807, 2.05) is 24.3 Å². The molecule has 0 unspecified atom stereocenters. The summed E-state index contributed by atoms with van der Waals surface area (Å²) in [7, 11) is 0. The van der Waals surface area contributed by atoms with E-state index in [0.717, 1.165) is 4.90 Å². The number of nitro benzene ring substituents is 1. The minimum absolute atomic E-state index is 0.00289. The van der Waals surface area contributed by atoms with Crippen LogP contribution in [0.1, 0.15) is 20.7 Å². The first-order valence-corrected chi connectivity index (χ1v) is 9.87. The van der Waals surface area contributed by atoms with Crippen molar-refractivity contribution in [1.29, 1.82) is 0 Å². The fourth-order valence-electron chi connectivity index (χ4n) is 2.50. The van der Waals surface area contributed by atoms with Gasteiger partial charge in [0, 0.05) is 28.2 Å². The average molecular weight is 427 g/mol. The van der Waals surface area contributed by atoms with Crippen molar-refractivity contribution < 1.29 is 14.5 Å². The lowest BCUT2D eigenvalue weighted by Crippen LogP contribution is -2.12. The molecule has 3 rings (SSSR count). The maximum atomic E-state index is 12.5. The van der Waals surface area contributed by atoms with Crippen LogP contribution in [0.5, 0.6) is 0 Å². The number of amides is 1. The Morgan fingerprint density at radius 2 is 1.69 bits per heavy atom. The van der Waals surface area contributed by atoms with Crippen LogP contribution in [0.25, 0.3) is 0 Å². The van der Waals surface area contributed by atoms with E-state index in [1.165, 1.54) is 30.0 Å². The maximum Gasteiger partial charge on any atom is 0.271 e. The molecule has 0 fully saturated rings. The summed E-state index contributed by atoms with van der Waals surface area (Å²) in [5, 5.41) is 13.5. The lowest BCUT2D eigenvalue weighted by Gasteiger charge is -2.08. The number of benzene rings is 3. The molecule has 29 heavy (non-hydrogen) atoms. The van der Waals surface area contributed by atoms with Crippen LogP contribution >= 0.6 is 23.4 Å². The molecule has 0 radical (unpaired) electrons. The SMILES string of the molecule is O=C(CSc1cccc(C(=O)Nc2ccc([N+](=O)[O-])cc2Cl)c1)c1ccccc1. The molecule has 1 amide bonds. The van der Waals surface area contributed by atoms with E-state index in [-0.39, 0.29) is 27.9 Å². The predicted octanol–water partition coefficient (Wildman–Crippen LogP) is 5.48. The van der Waals surface area contributed by atoms with Crippen molar-refractivity contribution in [2.75, 3.05) is 11.1 Å². The summed E-state index contributed by atoms with van der Waals surface area (Å²) in [6.45, 7) is 0. The molecule has 3 aromatic rings. The monoisotopic (exact) mass is 426 g/mol. The summed E-state index contributed by atoms with van der Waals surface area (Å²) in [6, 6.07) is 19.7. The molecule has 0 aliphatic rings. The first-order chi connectivity index (χ1) is 13.9. The molecule has 0 bridgehead atoms. The van der Waals surface area contributed by atoms with Crippen LogP contribution in [0.15, 0.2) is 77.7 Å². The molecule has 0 saturated carbocycles. The van der Waals surface area contributed by atoms with E-state index >= 15 is 0 Å². The van der Waals surface area contributed by atoms with Crippen LogP contribution in [0.2, 0.25) is 5.02 Å². The van der Waals surface area contributed by atoms with E-state index < -0.39 is 10.8 Å². The van der Waals surface area contributed by atoms with Gasteiger partial charge in [-0.1, -0.05) is 48.0 Å². The van der Waals surface area contributed by atoms with E-state index in [9.17, 15) is 19.7 Å². The minimum atomic E-state index is -0.561. The predicted molar refractivity (Wildman–Crippen MR) is 114 cm³/mol. The fourth-order valence-corrected chi connectivity index (χ4v) is 3.57. The maximum absolute atomic E-state index is 12.5. The number of anilines is 1. The summed E-state index contributed by atoms with van der Waals surface area (Å²) in [6.07, 6.45) is 0. The Morgan fingerprint density at radius 1 is 0.966 bits per heavy atom. The van der Waals surface area contributed by atoms with Gasteiger partial charge in [-0.15, -0.1) is 11.8 Å². The normalized spacial score (nSPS) is 10.4. The molecule has 0 aromatic heterocycles. The number of hydrogen-bond acceptors (Lipinski definition) is 5. The van der Waals surface area contributed by atoms with Gasteiger partial charge in [0.2, 0.25) is 0 Å². The van der Waals surface area contributed by atoms with Gasteiger partial charge in [0.1, 0.15) is 0 Å². The Balaban J connectivity index is 1.66. The number of carbonyl (C=O) groups excluding carboxylic acids is 2. The van der Waals surface area contributed by atoms with Gasteiger partial charge in [0.05, 0.1) is 21.4 Å². The smallest absolute Gasteiger partial charge is 0.271 e. The number of nitro groups is 1. The second-order valence-corrected chi connectivity index (χ2v) is 7.44. The highest BCUT2D eigenvalue weighted by Gasteiger charge is 2.13. The van der Waals surface area contributed by atoms with E-state index in [0.29, 0.717) is 11.1 Å². The molecule has 1 N–H and O–H groups in total. The number of hydrogen-bond donors (Lipinski definition) is 1. The highest BCUT2D eigenvalue weighted by atomic mass is 35.5. The molecular weight excluding hydrogens is 412 g/mol. The van der Waals surface area contributed by atoms with Crippen molar-refractivity contribution in [3.8, 4) is 0 Å². The number of nitrogens with zero attached hydrogens (tertiary/aromatic N) is 1. The fraction of sp³-hybridized carbons (Fsp3) is 0.0476. The molecule has 0 aliphatic carbocycles. The Labute approximate surface area is 176 Å². The van der Waals surface area contributed by atoms with E-state index in [1.54, 1.807) is 30.3 Å². The molecule has 0 atom stereocenters. The largest absolute Gasteiger partial charge is 0.321 e. The molecule has 8 heteroatoms. The molecule has 0 spiro atoms. The second kappa shape index (κ2) is 9.36. The van der Waals surface area contributed by atoms with Crippen molar-refractivity contribution in [1.82, 2.24) is 0 Å². The van der Waals surface area contributed by atoms with Gasteiger partial charge >= 0.3 is 0 Å². The van der Waals surface area contributed by atoms with Gasteiger partial charge in [-0.25, -0.2) is 0 Å². The van der Waals surface area contributed by atoms with Crippen LogP contribution in [0.4, 0.5) is 11.4 Å². The highest BCUT2D eigenvalue weighted by Crippen LogP contribution is 2.27. The zero-order valence-corrected chi connectivity index (χ0v) is 16.6. The number of Topliss-reactive ketones (excluding diaryl/α,β-unsaturated/α-hetero) is 1. The standard InChI is InChI=1S/C21H15ClN2O4S/c22-18-12-16(24(27)28)9-10-19(18)23-21(26)15-7-4-8-17(11-15)29-13-20(25)14-5-2-1-3-6-14/h1-12H,13H2,(H,23,26). The topological polar surface area (TPSA) is 89.3 Å². The third-order valence-corrected chi connectivity index (χ3v) is 5.28. The van der Waals surface area contributed by atoms with Crippen molar-refractivity contribution in [2.24, 2.45) is 0 Å². The molecule has 0 aliphatic heterocycles. The quantitative estimate of drug-likeness (QED) is 0.234. The van der Waals surface area contributed by atoms with Crippen LogP contribution in [0.3, 0.4) is 0 Å². The average Bonchev–Trinajstić information content (AvgIpc) is 2.74.